The van der Waals surface area contributed by atoms with Crippen LogP contribution in [0.25, 0.3) is 5.69 Å². The molecule has 0 saturated heterocycles. The highest BCUT2D eigenvalue weighted by molar-refractivity contribution is 8.39. The van der Waals surface area contributed by atoms with Gasteiger partial charge in [0.05, 0.1) is 21.5 Å². The van der Waals surface area contributed by atoms with Crippen molar-refractivity contribution in [3.05, 3.63) is 110 Å². The van der Waals surface area contributed by atoms with Gasteiger partial charge < -0.3 is 0 Å². The molecule has 148 valence electrons. The van der Waals surface area contributed by atoms with E-state index in [1.54, 1.807) is 28.1 Å². The lowest BCUT2D eigenvalue weighted by Crippen LogP contribution is -2.13. The summed E-state index contributed by atoms with van der Waals surface area (Å²) < 4.78 is 2.71. The van der Waals surface area contributed by atoms with Gasteiger partial charge in [0.1, 0.15) is 9.40 Å². The predicted octanol–water partition coefficient (Wildman–Crippen LogP) is 7.17. The highest BCUT2D eigenvalue weighted by Crippen LogP contribution is 2.51. The first kappa shape index (κ1) is 19.7. The van der Waals surface area contributed by atoms with Crippen LogP contribution in [0.5, 0.6) is 0 Å². The third-order valence-corrected chi connectivity index (χ3v) is 8.57. The molecule has 1 aliphatic rings. The van der Waals surface area contributed by atoms with E-state index < -0.39 is 0 Å². The van der Waals surface area contributed by atoms with Gasteiger partial charge >= 0.3 is 4.87 Å². The zero-order valence-corrected chi connectivity index (χ0v) is 18.8. The van der Waals surface area contributed by atoms with E-state index >= 15 is 0 Å². The molecule has 4 aromatic rings. The van der Waals surface area contributed by atoms with Gasteiger partial charge in [0.15, 0.2) is 0 Å². The van der Waals surface area contributed by atoms with Crippen LogP contribution in [0.3, 0.4) is 0 Å². The van der Waals surface area contributed by atoms with Crippen LogP contribution in [0.15, 0.2) is 99.7 Å². The first-order valence-corrected chi connectivity index (χ1v) is 12.1. The number of halogens is 1. The van der Waals surface area contributed by atoms with E-state index in [0.29, 0.717) is 5.02 Å². The van der Waals surface area contributed by atoms with Crippen molar-refractivity contribution in [2.45, 2.75) is 10.3 Å². The third kappa shape index (κ3) is 3.88. The van der Waals surface area contributed by atoms with Gasteiger partial charge in [-0.2, -0.15) is 0 Å². The Hall–Kier alpha value is -2.25. The van der Waals surface area contributed by atoms with Crippen LogP contribution in [0.4, 0.5) is 5.69 Å². The van der Waals surface area contributed by atoms with Gasteiger partial charge in [-0.3, -0.25) is 9.36 Å². The van der Waals surface area contributed by atoms with Gasteiger partial charge in [-0.15, -0.1) is 0 Å². The Morgan fingerprint density at radius 3 is 2.23 bits per heavy atom. The summed E-state index contributed by atoms with van der Waals surface area (Å²) >= 11 is 10.6. The lowest BCUT2D eigenvalue weighted by Gasteiger charge is -2.23. The van der Waals surface area contributed by atoms with Crippen molar-refractivity contribution < 1.29 is 0 Å². The molecule has 1 unspecified atom stereocenters. The Bertz CT molecular complexity index is 1270. The van der Waals surface area contributed by atoms with Crippen molar-refractivity contribution in [2.75, 3.05) is 0 Å². The first-order chi connectivity index (χ1) is 14.7. The van der Waals surface area contributed by atoms with Crippen molar-refractivity contribution in [1.82, 2.24) is 4.57 Å². The molecular formula is C23H15ClN2OS3. The number of nitrogens with zero attached hydrogens (tertiary/aromatic N) is 2. The third-order valence-electron chi connectivity index (χ3n) is 4.60. The number of benzene rings is 3. The summed E-state index contributed by atoms with van der Waals surface area (Å²) in [6, 6.07) is 27.5. The molecule has 0 saturated carbocycles. The Labute approximate surface area is 191 Å². The van der Waals surface area contributed by atoms with Crippen molar-refractivity contribution in [3.63, 3.8) is 0 Å². The molecule has 1 aliphatic heterocycles. The number of aliphatic imine (C=N–C) groups is 1. The number of thiazole rings is 1. The Balaban J connectivity index is 1.67. The maximum Gasteiger partial charge on any atom is 0.312 e. The first-order valence-electron chi connectivity index (χ1n) is 9.24. The molecule has 3 aromatic carbocycles. The summed E-state index contributed by atoms with van der Waals surface area (Å²) in [6.07, 6.45) is 0. The minimum atomic E-state index is -0.0105. The van der Waals surface area contributed by atoms with Crippen molar-refractivity contribution in [2.24, 2.45) is 4.99 Å². The van der Waals surface area contributed by atoms with Crippen molar-refractivity contribution in [1.29, 1.82) is 0 Å². The highest BCUT2D eigenvalue weighted by Gasteiger charge is 2.33. The number of rotatable bonds is 3. The summed E-state index contributed by atoms with van der Waals surface area (Å²) in [6.45, 7) is 0. The maximum absolute atomic E-state index is 13.0. The van der Waals surface area contributed by atoms with Crippen LogP contribution < -0.4 is 4.87 Å². The minimum absolute atomic E-state index is 0.0105. The van der Waals surface area contributed by atoms with Crippen LogP contribution in [-0.4, -0.2) is 8.94 Å². The fraction of sp³-hybridized carbons (Fsp3) is 0.0435. The summed E-state index contributed by atoms with van der Waals surface area (Å²) in [5, 5.41) is 1.62. The lowest BCUT2D eigenvalue weighted by molar-refractivity contribution is 0.898. The second-order valence-corrected chi connectivity index (χ2v) is 10.3. The summed E-state index contributed by atoms with van der Waals surface area (Å²) in [4.78, 5) is 18.9. The van der Waals surface area contributed by atoms with E-state index in [4.69, 9.17) is 16.6 Å². The second kappa shape index (κ2) is 8.47. The molecule has 0 N–H and O–H groups in total. The molecule has 7 heteroatoms. The zero-order chi connectivity index (χ0) is 20.5. The normalized spacial score (nSPS) is 17.1. The predicted molar refractivity (Wildman–Crippen MR) is 130 cm³/mol. The topological polar surface area (TPSA) is 34.4 Å². The Kier molecular flexibility index (Phi) is 5.56. The molecular weight excluding hydrogens is 452 g/mol. The lowest BCUT2D eigenvalue weighted by atomic mass is 10.1. The average Bonchev–Trinajstić information content (AvgIpc) is 3.11. The second-order valence-electron chi connectivity index (χ2n) is 6.57. The highest BCUT2D eigenvalue weighted by atomic mass is 35.5. The maximum atomic E-state index is 13.0. The monoisotopic (exact) mass is 466 g/mol. The largest absolute Gasteiger partial charge is 0.312 e. The van der Waals surface area contributed by atoms with E-state index in [1.807, 2.05) is 84.9 Å². The number of hydrogen-bond donors (Lipinski definition) is 0. The van der Waals surface area contributed by atoms with Gasteiger partial charge in [0, 0.05) is 5.02 Å². The number of para-hydroxylation sites is 2. The molecule has 0 aliphatic carbocycles. The van der Waals surface area contributed by atoms with E-state index in [0.717, 1.165) is 31.2 Å². The Morgan fingerprint density at radius 2 is 1.53 bits per heavy atom. The molecule has 1 atom stereocenters. The Morgan fingerprint density at radius 1 is 0.867 bits per heavy atom. The summed E-state index contributed by atoms with van der Waals surface area (Å²) in [5.41, 5.74) is 2.87. The van der Waals surface area contributed by atoms with Crippen molar-refractivity contribution in [3.8, 4) is 5.69 Å². The minimum Gasteiger partial charge on any atom is -0.261 e. The molecule has 1 aromatic heterocycles. The van der Waals surface area contributed by atoms with Crippen LogP contribution in [0.2, 0.25) is 5.02 Å². The van der Waals surface area contributed by atoms with Gasteiger partial charge in [-0.25, -0.2) is 4.99 Å². The quantitative estimate of drug-likeness (QED) is 0.321. The molecule has 3 nitrogen and oxygen atoms in total. The van der Waals surface area contributed by atoms with E-state index in [9.17, 15) is 4.79 Å². The standard InChI is InChI=1S/C23H15ClN2OS3/c24-16-13-11-15(12-14-16)19-20-21(26(23(27)29-20)18-9-5-2-6-10-18)30-22(28-19)25-17-7-3-1-4-8-17/h1-14,19H. The molecule has 0 radical (unpaired) electrons. The van der Waals surface area contributed by atoms with Gasteiger partial charge in [-0.1, -0.05) is 83.2 Å². The molecule has 0 fully saturated rings. The fourth-order valence-electron chi connectivity index (χ4n) is 3.21. The van der Waals surface area contributed by atoms with Gasteiger partial charge in [0.2, 0.25) is 0 Å². The summed E-state index contributed by atoms with van der Waals surface area (Å²) in [7, 11) is 0. The smallest absolute Gasteiger partial charge is 0.261 e. The average molecular weight is 467 g/mol. The van der Waals surface area contributed by atoms with Crippen LogP contribution >= 0.6 is 46.5 Å². The van der Waals surface area contributed by atoms with Crippen LogP contribution in [0.1, 0.15) is 15.7 Å². The zero-order valence-electron chi connectivity index (χ0n) is 15.6. The molecule has 5 rings (SSSR count). The van der Waals surface area contributed by atoms with E-state index in [-0.39, 0.29) is 10.1 Å². The number of fused-ring (bicyclic) bond motifs is 1. The SMILES string of the molecule is O=c1sc2c(n1-c1ccccc1)SC(=Nc1ccccc1)SC2c1ccc(Cl)cc1. The fourth-order valence-corrected chi connectivity index (χ4v) is 7.31. The van der Waals surface area contributed by atoms with E-state index in [2.05, 4.69) is 0 Å². The summed E-state index contributed by atoms with van der Waals surface area (Å²) in [5.74, 6) is 0. The van der Waals surface area contributed by atoms with Crippen LogP contribution in [-0.2, 0) is 0 Å². The van der Waals surface area contributed by atoms with Crippen molar-refractivity contribution >= 4 is 56.5 Å². The molecule has 0 spiro atoms. The number of hydrogen-bond acceptors (Lipinski definition) is 5. The molecule has 0 bridgehead atoms. The van der Waals surface area contributed by atoms with Gasteiger partial charge in [0.25, 0.3) is 0 Å². The molecule has 0 amide bonds. The number of thioether (sulfide) groups is 2. The van der Waals surface area contributed by atoms with Crippen LogP contribution in [0, 0.1) is 0 Å². The molecule has 30 heavy (non-hydrogen) atoms. The van der Waals surface area contributed by atoms with Gasteiger partial charge in [-0.05, 0) is 53.7 Å². The number of aromatic nitrogens is 1. The molecule has 2 heterocycles. The van der Waals surface area contributed by atoms with E-state index in [1.165, 1.54) is 11.3 Å².